The molecule has 1 saturated heterocycles. The van der Waals surface area contributed by atoms with Crippen LogP contribution in [0.15, 0.2) is 0 Å². The van der Waals surface area contributed by atoms with Gasteiger partial charge in [0.2, 0.25) is 0 Å². The van der Waals surface area contributed by atoms with Gasteiger partial charge in [0.15, 0.2) is 0 Å². The molecule has 0 aromatic rings. The molecular formula is C14H25N3O3. The van der Waals surface area contributed by atoms with Crippen molar-refractivity contribution in [3.8, 4) is 0 Å². The molecule has 2 fully saturated rings. The number of imide groups is 1. The quantitative estimate of drug-likeness (QED) is 0.559. The van der Waals surface area contributed by atoms with Gasteiger partial charge in [0.1, 0.15) is 5.54 Å². The zero-order chi connectivity index (χ0) is 14.6. The van der Waals surface area contributed by atoms with Crippen LogP contribution in [-0.4, -0.2) is 48.7 Å². The van der Waals surface area contributed by atoms with Crippen molar-refractivity contribution >= 4 is 11.9 Å². The van der Waals surface area contributed by atoms with Gasteiger partial charge in [-0.3, -0.25) is 9.69 Å². The molecule has 1 spiro atoms. The summed E-state index contributed by atoms with van der Waals surface area (Å²) in [6, 6.07) is -0.271. The monoisotopic (exact) mass is 283 g/mol. The fourth-order valence-corrected chi connectivity index (χ4v) is 3.33. The third-order valence-electron chi connectivity index (χ3n) is 4.43. The number of urea groups is 1. The van der Waals surface area contributed by atoms with E-state index in [1.807, 2.05) is 6.92 Å². The average molecular weight is 283 g/mol. The van der Waals surface area contributed by atoms with Gasteiger partial charge in [0, 0.05) is 25.7 Å². The first-order valence-corrected chi connectivity index (χ1v) is 7.57. The van der Waals surface area contributed by atoms with E-state index in [0.29, 0.717) is 39.1 Å². The molecule has 6 nitrogen and oxygen atoms in total. The minimum atomic E-state index is -0.740. The van der Waals surface area contributed by atoms with E-state index >= 15 is 0 Å². The largest absolute Gasteiger partial charge is 0.382 e. The summed E-state index contributed by atoms with van der Waals surface area (Å²) >= 11 is 0. The van der Waals surface area contributed by atoms with Gasteiger partial charge in [-0.25, -0.2) is 4.79 Å². The maximum atomic E-state index is 12.7. The lowest BCUT2D eigenvalue weighted by atomic mass is 9.72. The van der Waals surface area contributed by atoms with Crippen molar-refractivity contribution in [3.05, 3.63) is 0 Å². The van der Waals surface area contributed by atoms with Gasteiger partial charge in [0.25, 0.3) is 5.91 Å². The fraction of sp³-hybridized carbons (Fsp3) is 0.857. The van der Waals surface area contributed by atoms with Gasteiger partial charge < -0.3 is 15.8 Å². The maximum absolute atomic E-state index is 12.7. The van der Waals surface area contributed by atoms with E-state index in [0.717, 1.165) is 19.3 Å². The molecule has 1 saturated carbocycles. The van der Waals surface area contributed by atoms with Gasteiger partial charge in [-0.2, -0.15) is 0 Å². The Morgan fingerprint density at radius 3 is 2.95 bits per heavy atom. The molecule has 1 heterocycles. The van der Waals surface area contributed by atoms with Gasteiger partial charge >= 0.3 is 6.03 Å². The third kappa shape index (κ3) is 2.67. The molecule has 1 aliphatic carbocycles. The lowest BCUT2D eigenvalue weighted by Gasteiger charge is -2.38. The van der Waals surface area contributed by atoms with Crippen molar-refractivity contribution in [2.45, 2.75) is 44.6 Å². The number of nitrogens with zero attached hydrogens (tertiary/aromatic N) is 1. The Labute approximate surface area is 120 Å². The van der Waals surface area contributed by atoms with Crippen LogP contribution in [0, 0.1) is 5.92 Å². The molecule has 0 aromatic carbocycles. The zero-order valence-electron chi connectivity index (χ0n) is 12.2. The topological polar surface area (TPSA) is 84.7 Å². The summed E-state index contributed by atoms with van der Waals surface area (Å²) in [7, 11) is 0. The minimum absolute atomic E-state index is 0.0598. The van der Waals surface area contributed by atoms with Crippen molar-refractivity contribution in [3.63, 3.8) is 0 Å². The summed E-state index contributed by atoms with van der Waals surface area (Å²) in [4.78, 5) is 26.1. The molecule has 3 amide bonds. The van der Waals surface area contributed by atoms with Crippen LogP contribution in [0.4, 0.5) is 4.79 Å². The maximum Gasteiger partial charge on any atom is 0.325 e. The lowest BCUT2D eigenvalue weighted by molar-refractivity contribution is -0.134. The predicted octanol–water partition coefficient (Wildman–Crippen LogP) is 0.853. The number of nitrogens with two attached hydrogens (primary N) is 1. The minimum Gasteiger partial charge on any atom is -0.382 e. The summed E-state index contributed by atoms with van der Waals surface area (Å²) in [5.74, 6) is -0.0289. The molecule has 114 valence electrons. The Balaban J connectivity index is 2.03. The molecule has 6 heteroatoms. The smallest absolute Gasteiger partial charge is 0.325 e. The van der Waals surface area contributed by atoms with Crippen LogP contribution in [0.2, 0.25) is 0 Å². The molecule has 2 rings (SSSR count). The van der Waals surface area contributed by atoms with Crippen LogP contribution < -0.4 is 11.1 Å². The number of carbonyl (C=O) groups is 2. The van der Waals surface area contributed by atoms with Crippen LogP contribution in [0.1, 0.15) is 39.0 Å². The molecule has 0 aromatic heterocycles. The first kappa shape index (κ1) is 15.3. The molecule has 1 aliphatic heterocycles. The van der Waals surface area contributed by atoms with E-state index in [-0.39, 0.29) is 17.9 Å². The van der Waals surface area contributed by atoms with Crippen molar-refractivity contribution in [1.29, 1.82) is 0 Å². The second-order valence-electron chi connectivity index (χ2n) is 5.59. The summed E-state index contributed by atoms with van der Waals surface area (Å²) < 4.78 is 5.25. The highest BCUT2D eigenvalue weighted by Crippen LogP contribution is 2.37. The predicted molar refractivity (Wildman–Crippen MR) is 75.1 cm³/mol. The molecule has 2 unspecified atom stereocenters. The number of hydrogen-bond donors (Lipinski definition) is 2. The van der Waals surface area contributed by atoms with Crippen molar-refractivity contribution < 1.29 is 14.3 Å². The highest BCUT2D eigenvalue weighted by atomic mass is 16.5. The normalized spacial score (nSPS) is 30.1. The van der Waals surface area contributed by atoms with Crippen molar-refractivity contribution in [2.75, 3.05) is 26.3 Å². The Morgan fingerprint density at radius 1 is 1.45 bits per heavy atom. The summed E-state index contributed by atoms with van der Waals surface area (Å²) in [5.41, 5.74) is 5.07. The first-order chi connectivity index (χ1) is 9.65. The van der Waals surface area contributed by atoms with Crippen molar-refractivity contribution in [1.82, 2.24) is 10.2 Å². The van der Waals surface area contributed by atoms with Crippen LogP contribution in [-0.2, 0) is 9.53 Å². The van der Waals surface area contributed by atoms with Crippen LogP contribution >= 0.6 is 0 Å². The lowest BCUT2D eigenvalue weighted by Crippen LogP contribution is -2.57. The summed E-state index contributed by atoms with van der Waals surface area (Å²) in [6.07, 6.45) is 4.35. The van der Waals surface area contributed by atoms with Crippen LogP contribution in [0.3, 0.4) is 0 Å². The summed E-state index contributed by atoms with van der Waals surface area (Å²) in [5, 5.41) is 2.93. The number of hydrogen-bond acceptors (Lipinski definition) is 4. The summed E-state index contributed by atoms with van der Waals surface area (Å²) in [6.45, 7) is 4.01. The van der Waals surface area contributed by atoms with E-state index < -0.39 is 5.54 Å². The van der Waals surface area contributed by atoms with Gasteiger partial charge in [-0.1, -0.05) is 12.8 Å². The average Bonchev–Trinajstić information content (AvgIpc) is 2.68. The molecular weight excluding hydrogens is 258 g/mol. The second-order valence-corrected chi connectivity index (χ2v) is 5.59. The zero-order valence-corrected chi connectivity index (χ0v) is 12.2. The molecule has 0 bridgehead atoms. The van der Waals surface area contributed by atoms with E-state index in [1.54, 1.807) is 0 Å². The SMILES string of the molecule is CCOCCCN1C(=O)NC2(CCCCC2CN)C1=O. The highest BCUT2D eigenvalue weighted by molar-refractivity contribution is 6.07. The second kappa shape index (κ2) is 6.54. The Hall–Kier alpha value is -1.14. The van der Waals surface area contributed by atoms with E-state index in [1.165, 1.54) is 4.90 Å². The molecule has 20 heavy (non-hydrogen) atoms. The number of amides is 3. The fourth-order valence-electron chi connectivity index (χ4n) is 3.33. The standard InChI is InChI=1S/C14H25N3O3/c1-2-20-9-5-8-17-12(18)14(16-13(17)19)7-4-3-6-11(14)10-15/h11H,2-10,15H2,1H3,(H,16,19). The van der Waals surface area contributed by atoms with Gasteiger partial charge in [0.05, 0.1) is 0 Å². The highest BCUT2D eigenvalue weighted by Gasteiger charge is 2.55. The van der Waals surface area contributed by atoms with E-state index in [9.17, 15) is 9.59 Å². The molecule has 2 atom stereocenters. The molecule has 3 N–H and O–H groups in total. The number of rotatable bonds is 6. The Bertz CT molecular complexity index is 375. The Morgan fingerprint density at radius 2 is 2.25 bits per heavy atom. The first-order valence-electron chi connectivity index (χ1n) is 7.57. The number of ether oxygens (including phenoxy) is 1. The third-order valence-corrected chi connectivity index (χ3v) is 4.43. The van der Waals surface area contributed by atoms with Crippen molar-refractivity contribution in [2.24, 2.45) is 11.7 Å². The number of carbonyl (C=O) groups excluding carboxylic acids is 2. The molecule has 2 aliphatic rings. The van der Waals surface area contributed by atoms with E-state index in [2.05, 4.69) is 5.32 Å². The van der Waals surface area contributed by atoms with Gasteiger partial charge in [-0.15, -0.1) is 0 Å². The Kier molecular flexibility index (Phi) is 4.99. The van der Waals surface area contributed by atoms with Crippen LogP contribution in [0.5, 0.6) is 0 Å². The van der Waals surface area contributed by atoms with Gasteiger partial charge in [-0.05, 0) is 32.7 Å². The van der Waals surface area contributed by atoms with E-state index in [4.69, 9.17) is 10.5 Å². The number of nitrogens with one attached hydrogen (secondary N) is 1. The molecule has 0 radical (unpaired) electrons. The van der Waals surface area contributed by atoms with Crippen LogP contribution in [0.25, 0.3) is 0 Å².